The molecule has 1 amide bonds. The monoisotopic (exact) mass is 393 g/mol. The summed E-state index contributed by atoms with van der Waals surface area (Å²) in [5, 5.41) is 8.72. The molecule has 0 N–H and O–H groups in total. The predicted octanol–water partition coefficient (Wildman–Crippen LogP) is 2.67. The van der Waals surface area contributed by atoms with E-state index in [9.17, 15) is 4.79 Å². The number of amides is 1. The summed E-state index contributed by atoms with van der Waals surface area (Å²) < 4.78 is 7.07. The van der Waals surface area contributed by atoms with Gasteiger partial charge in [0.15, 0.2) is 0 Å². The molecule has 0 radical (unpaired) electrons. The van der Waals surface area contributed by atoms with Gasteiger partial charge in [-0.3, -0.25) is 9.69 Å². The van der Waals surface area contributed by atoms with Crippen LogP contribution in [0.3, 0.4) is 0 Å². The van der Waals surface area contributed by atoms with Crippen LogP contribution in [0.25, 0.3) is 5.69 Å². The van der Waals surface area contributed by atoms with Gasteiger partial charge in [0.1, 0.15) is 5.76 Å². The Kier molecular flexibility index (Phi) is 5.49. The number of piperazine rings is 1. The lowest BCUT2D eigenvalue weighted by atomic mass is 10.1. The van der Waals surface area contributed by atoms with Gasteiger partial charge in [-0.2, -0.15) is 5.10 Å². The van der Waals surface area contributed by atoms with Crippen LogP contribution in [0.1, 0.15) is 28.4 Å². The van der Waals surface area contributed by atoms with Crippen molar-refractivity contribution in [2.45, 2.75) is 33.7 Å². The van der Waals surface area contributed by atoms with Crippen LogP contribution in [0.15, 0.2) is 40.9 Å². The Morgan fingerprint density at radius 3 is 2.45 bits per heavy atom. The molecule has 0 saturated carbocycles. The zero-order chi connectivity index (χ0) is 20.4. The van der Waals surface area contributed by atoms with Gasteiger partial charge in [0, 0.05) is 50.0 Å². The van der Waals surface area contributed by atoms with E-state index >= 15 is 0 Å². The molecule has 1 aliphatic rings. The Hall–Kier alpha value is -2.93. The summed E-state index contributed by atoms with van der Waals surface area (Å²) in [7, 11) is 0. The van der Waals surface area contributed by atoms with Crippen molar-refractivity contribution < 1.29 is 9.32 Å². The standard InChI is InChI=1S/C22H27N5O2/c1-16-13-19(24-29-16)15-25-9-11-26(12-10-25)22(28)14-21-17(2)23-27(18(21)3)20-7-5-4-6-8-20/h4-8,13H,9-12,14-15H2,1-3H3. The van der Waals surface area contributed by atoms with E-state index in [-0.39, 0.29) is 5.91 Å². The maximum absolute atomic E-state index is 12.9. The zero-order valence-electron chi connectivity index (χ0n) is 17.3. The largest absolute Gasteiger partial charge is 0.361 e. The maximum Gasteiger partial charge on any atom is 0.227 e. The normalized spacial score (nSPS) is 15.1. The Labute approximate surface area is 170 Å². The molecule has 4 rings (SSSR count). The number of carbonyl (C=O) groups is 1. The highest BCUT2D eigenvalue weighted by Crippen LogP contribution is 2.19. The van der Waals surface area contributed by atoms with E-state index in [1.54, 1.807) is 0 Å². The third-order valence-electron chi connectivity index (χ3n) is 5.56. The van der Waals surface area contributed by atoms with E-state index in [0.717, 1.165) is 66.8 Å². The quantitative estimate of drug-likeness (QED) is 0.667. The van der Waals surface area contributed by atoms with Crippen LogP contribution in [0, 0.1) is 20.8 Å². The lowest BCUT2D eigenvalue weighted by Gasteiger charge is -2.34. The van der Waals surface area contributed by atoms with Crippen molar-refractivity contribution in [1.29, 1.82) is 0 Å². The molecule has 3 heterocycles. The van der Waals surface area contributed by atoms with Crippen LogP contribution in [-0.4, -0.2) is 56.8 Å². The van der Waals surface area contributed by atoms with Crippen molar-refractivity contribution >= 4 is 5.91 Å². The number of hydrogen-bond donors (Lipinski definition) is 0. The molecule has 152 valence electrons. The van der Waals surface area contributed by atoms with Crippen molar-refractivity contribution in [3.8, 4) is 5.69 Å². The van der Waals surface area contributed by atoms with Crippen molar-refractivity contribution in [2.75, 3.05) is 26.2 Å². The summed E-state index contributed by atoms with van der Waals surface area (Å²) in [6.45, 7) is 9.84. The Balaban J connectivity index is 1.37. The highest BCUT2D eigenvalue weighted by molar-refractivity contribution is 5.79. The van der Waals surface area contributed by atoms with Crippen LogP contribution >= 0.6 is 0 Å². The Bertz CT molecular complexity index is 984. The molecular formula is C22H27N5O2. The first-order valence-corrected chi connectivity index (χ1v) is 10.0. The minimum absolute atomic E-state index is 0.167. The van der Waals surface area contributed by atoms with E-state index in [4.69, 9.17) is 4.52 Å². The summed E-state index contributed by atoms with van der Waals surface area (Å²) in [4.78, 5) is 17.2. The van der Waals surface area contributed by atoms with E-state index in [1.807, 2.05) is 66.8 Å². The molecule has 1 aromatic carbocycles. The van der Waals surface area contributed by atoms with Gasteiger partial charge in [0.2, 0.25) is 5.91 Å². The van der Waals surface area contributed by atoms with Crippen LogP contribution < -0.4 is 0 Å². The summed E-state index contributed by atoms with van der Waals surface area (Å²) in [6, 6.07) is 12.0. The Morgan fingerprint density at radius 1 is 1.07 bits per heavy atom. The highest BCUT2D eigenvalue weighted by Gasteiger charge is 2.24. The van der Waals surface area contributed by atoms with Gasteiger partial charge in [-0.05, 0) is 32.9 Å². The fourth-order valence-electron chi connectivity index (χ4n) is 3.89. The number of hydrogen-bond acceptors (Lipinski definition) is 5. The van der Waals surface area contributed by atoms with Crippen molar-refractivity contribution in [2.24, 2.45) is 0 Å². The topological polar surface area (TPSA) is 67.4 Å². The van der Waals surface area contributed by atoms with Gasteiger partial charge in [0.05, 0.1) is 23.5 Å². The van der Waals surface area contributed by atoms with Crippen molar-refractivity contribution in [1.82, 2.24) is 24.7 Å². The zero-order valence-corrected chi connectivity index (χ0v) is 17.3. The van der Waals surface area contributed by atoms with Crippen LogP contribution in [0.2, 0.25) is 0 Å². The van der Waals surface area contributed by atoms with Crippen LogP contribution in [0.4, 0.5) is 0 Å². The van der Waals surface area contributed by atoms with E-state index < -0.39 is 0 Å². The number of benzene rings is 1. The van der Waals surface area contributed by atoms with Crippen molar-refractivity contribution in [3.63, 3.8) is 0 Å². The first-order valence-electron chi connectivity index (χ1n) is 10.0. The molecule has 7 heteroatoms. The molecule has 29 heavy (non-hydrogen) atoms. The fraction of sp³-hybridized carbons (Fsp3) is 0.409. The molecule has 0 unspecified atom stereocenters. The second-order valence-corrected chi connectivity index (χ2v) is 7.66. The molecular weight excluding hydrogens is 366 g/mol. The Morgan fingerprint density at radius 2 is 1.79 bits per heavy atom. The minimum Gasteiger partial charge on any atom is -0.361 e. The number of aryl methyl sites for hydroxylation is 2. The maximum atomic E-state index is 12.9. The second-order valence-electron chi connectivity index (χ2n) is 7.66. The number of para-hydroxylation sites is 1. The molecule has 7 nitrogen and oxygen atoms in total. The minimum atomic E-state index is 0.167. The van der Waals surface area contributed by atoms with E-state index in [2.05, 4.69) is 15.2 Å². The highest BCUT2D eigenvalue weighted by atomic mass is 16.5. The molecule has 0 atom stereocenters. The lowest BCUT2D eigenvalue weighted by molar-refractivity contribution is -0.132. The molecule has 1 aliphatic heterocycles. The van der Waals surface area contributed by atoms with Gasteiger partial charge in [-0.15, -0.1) is 0 Å². The molecule has 0 aliphatic carbocycles. The van der Waals surface area contributed by atoms with Crippen LogP contribution in [-0.2, 0) is 17.8 Å². The van der Waals surface area contributed by atoms with Gasteiger partial charge in [0.25, 0.3) is 0 Å². The third kappa shape index (κ3) is 4.24. The average Bonchev–Trinajstić information content (AvgIpc) is 3.26. The predicted molar refractivity (Wildman–Crippen MR) is 110 cm³/mol. The smallest absolute Gasteiger partial charge is 0.227 e. The van der Waals surface area contributed by atoms with Gasteiger partial charge in [-0.25, -0.2) is 4.68 Å². The van der Waals surface area contributed by atoms with E-state index in [0.29, 0.717) is 6.42 Å². The van der Waals surface area contributed by atoms with Gasteiger partial charge >= 0.3 is 0 Å². The lowest BCUT2D eigenvalue weighted by Crippen LogP contribution is -2.48. The number of rotatable bonds is 5. The first-order chi connectivity index (χ1) is 14.0. The summed E-state index contributed by atoms with van der Waals surface area (Å²) in [5.41, 5.74) is 4.94. The SMILES string of the molecule is Cc1cc(CN2CCN(C(=O)Cc3c(C)nn(-c4ccccc4)c3C)CC2)no1. The average molecular weight is 393 g/mol. The van der Waals surface area contributed by atoms with Crippen LogP contribution in [0.5, 0.6) is 0 Å². The molecule has 3 aromatic rings. The summed E-state index contributed by atoms with van der Waals surface area (Å²) in [5.74, 6) is 0.997. The summed E-state index contributed by atoms with van der Waals surface area (Å²) >= 11 is 0. The number of nitrogens with zero attached hydrogens (tertiary/aromatic N) is 5. The third-order valence-corrected chi connectivity index (χ3v) is 5.56. The van der Waals surface area contributed by atoms with Gasteiger partial charge in [-0.1, -0.05) is 23.4 Å². The first kappa shape index (κ1) is 19.4. The van der Waals surface area contributed by atoms with Crippen molar-refractivity contribution in [3.05, 3.63) is 64.8 Å². The molecule has 1 saturated heterocycles. The molecule has 0 bridgehead atoms. The number of aromatic nitrogens is 3. The molecule has 0 spiro atoms. The van der Waals surface area contributed by atoms with E-state index in [1.165, 1.54) is 0 Å². The van der Waals surface area contributed by atoms with Gasteiger partial charge < -0.3 is 9.42 Å². The fourth-order valence-corrected chi connectivity index (χ4v) is 3.89. The second kappa shape index (κ2) is 8.21. The summed E-state index contributed by atoms with van der Waals surface area (Å²) in [6.07, 6.45) is 0.396. The number of carbonyl (C=O) groups excluding carboxylic acids is 1. The molecule has 1 fully saturated rings. The molecule has 2 aromatic heterocycles.